The summed E-state index contributed by atoms with van der Waals surface area (Å²) in [4.78, 5) is 0. The van der Waals surface area contributed by atoms with Gasteiger partial charge in [0, 0.05) is 18.9 Å². The molecule has 1 saturated carbocycles. The van der Waals surface area contributed by atoms with Crippen LogP contribution >= 0.6 is 0 Å². The Morgan fingerprint density at radius 3 is 2.58 bits per heavy atom. The van der Waals surface area contributed by atoms with Crippen LogP contribution in [-0.4, -0.2) is 36.3 Å². The van der Waals surface area contributed by atoms with Crippen LogP contribution in [0.2, 0.25) is 0 Å². The predicted octanol–water partition coefficient (Wildman–Crippen LogP) is -0.398. The molecule has 0 aromatic heterocycles. The van der Waals surface area contributed by atoms with Gasteiger partial charge in [0.25, 0.3) is 0 Å². The van der Waals surface area contributed by atoms with Crippen molar-refractivity contribution in [3.63, 3.8) is 0 Å². The summed E-state index contributed by atoms with van der Waals surface area (Å²) in [6.45, 7) is 1.28. The second-order valence-corrected chi connectivity index (χ2v) is 3.58. The molecule has 1 heterocycles. The summed E-state index contributed by atoms with van der Waals surface area (Å²) in [5.74, 6) is -0.505. The molecule has 2 fully saturated rings. The fourth-order valence-electron chi connectivity index (χ4n) is 1.91. The lowest BCUT2D eigenvalue weighted by molar-refractivity contribution is -0.198. The van der Waals surface area contributed by atoms with Crippen molar-refractivity contribution in [2.75, 3.05) is 13.2 Å². The minimum Gasteiger partial charge on any atom is -0.391 e. The smallest absolute Gasteiger partial charge is 0.171 e. The molecular formula is C8H15NO3. The van der Waals surface area contributed by atoms with E-state index in [1.165, 1.54) is 0 Å². The molecule has 2 aliphatic rings. The fourth-order valence-corrected chi connectivity index (χ4v) is 1.91. The van der Waals surface area contributed by atoms with Gasteiger partial charge in [-0.3, -0.25) is 0 Å². The Kier molecular flexibility index (Phi) is 2.08. The highest BCUT2D eigenvalue weighted by Gasteiger charge is 2.43. The standard InChI is InChI=1S/C8H15NO3/c9-6-1-2-8(5-7(6)10)11-3-4-12-8/h6-7,10H,1-5,9H2. The van der Waals surface area contributed by atoms with E-state index in [1.807, 2.05) is 0 Å². The number of rotatable bonds is 0. The largest absolute Gasteiger partial charge is 0.391 e. The number of nitrogens with two attached hydrogens (primary N) is 1. The van der Waals surface area contributed by atoms with E-state index in [1.54, 1.807) is 0 Å². The summed E-state index contributed by atoms with van der Waals surface area (Å²) in [5, 5.41) is 9.52. The van der Waals surface area contributed by atoms with Crippen molar-refractivity contribution in [3.8, 4) is 0 Å². The Morgan fingerprint density at radius 1 is 1.33 bits per heavy atom. The molecule has 4 heteroatoms. The average Bonchev–Trinajstić information content (AvgIpc) is 2.47. The van der Waals surface area contributed by atoms with Gasteiger partial charge in [-0.1, -0.05) is 0 Å². The topological polar surface area (TPSA) is 64.7 Å². The zero-order valence-corrected chi connectivity index (χ0v) is 7.03. The molecule has 70 valence electrons. The first-order chi connectivity index (χ1) is 5.72. The summed E-state index contributed by atoms with van der Waals surface area (Å²) in [6, 6.07) is -0.108. The first-order valence-electron chi connectivity index (χ1n) is 4.43. The lowest BCUT2D eigenvalue weighted by Gasteiger charge is -2.37. The summed E-state index contributed by atoms with van der Waals surface area (Å²) >= 11 is 0. The molecule has 1 saturated heterocycles. The highest BCUT2D eigenvalue weighted by molar-refractivity contribution is 4.89. The molecule has 0 aromatic rings. The molecule has 0 bridgehead atoms. The van der Waals surface area contributed by atoms with Crippen LogP contribution in [0.4, 0.5) is 0 Å². The van der Waals surface area contributed by atoms with Crippen LogP contribution < -0.4 is 5.73 Å². The van der Waals surface area contributed by atoms with E-state index in [9.17, 15) is 5.11 Å². The van der Waals surface area contributed by atoms with Crippen LogP contribution in [0.15, 0.2) is 0 Å². The fraction of sp³-hybridized carbons (Fsp3) is 1.00. The van der Waals surface area contributed by atoms with Gasteiger partial charge < -0.3 is 20.3 Å². The van der Waals surface area contributed by atoms with Crippen LogP contribution in [0.25, 0.3) is 0 Å². The van der Waals surface area contributed by atoms with E-state index in [2.05, 4.69) is 0 Å². The van der Waals surface area contributed by atoms with E-state index in [0.717, 1.165) is 12.8 Å². The number of hydrogen-bond donors (Lipinski definition) is 2. The Bertz CT molecular complexity index is 168. The van der Waals surface area contributed by atoms with Gasteiger partial charge in [0.2, 0.25) is 0 Å². The lowest BCUT2D eigenvalue weighted by Crippen LogP contribution is -2.48. The first kappa shape index (κ1) is 8.44. The molecule has 1 aliphatic heterocycles. The molecule has 0 aromatic carbocycles. The zero-order valence-electron chi connectivity index (χ0n) is 7.03. The normalized spacial score (nSPS) is 40.5. The van der Waals surface area contributed by atoms with Crippen molar-refractivity contribution >= 4 is 0 Å². The Morgan fingerprint density at radius 2 is 2.00 bits per heavy atom. The third-order valence-electron chi connectivity index (χ3n) is 2.69. The van der Waals surface area contributed by atoms with Crippen molar-refractivity contribution in [2.45, 2.75) is 37.2 Å². The molecule has 4 nitrogen and oxygen atoms in total. The van der Waals surface area contributed by atoms with Gasteiger partial charge in [0.1, 0.15) is 0 Å². The van der Waals surface area contributed by atoms with Crippen LogP contribution in [0.5, 0.6) is 0 Å². The average molecular weight is 173 g/mol. The Hall–Kier alpha value is -0.160. The first-order valence-corrected chi connectivity index (χ1v) is 4.43. The molecule has 1 spiro atoms. The number of ether oxygens (including phenoxy) is 2. The molecule has 0 amide bonds. The summed E-state index contributed by atoms with van der Waals surface area (Å²) < 4.78 is 10.9. The maximum Gasteiger partial charge on any atom is 0.171 e. The molecule has 2 unspecified atom stereocenters. The van der Waals surface area contributed by atoms with Gasteiger partial charge in [-0.15, -0.1) is 0 Å². The highest BCUT2D eigenvalue weighted by atomic mass is 16.7. The van der Waals surface area contributed by atoms with Crippen LogP contribution in [0.1, 0.15) is 19.3 Å². The number of aliphatic hydroxyl groups excluding tert-OH is 1. The van der Waals surface area contributed by atoms with Gasteiger partial charge >= 0.3 is 0 Å². The van der Waals surface area contributed by atoms with Crippen molar-refractivity contribution in [2.24, 2.45) is 5.73 Å². The highest BCUT2D eigenvalue weighted by Crippen LogP contribution is 2.35. The molecular weight excluding hydrogens is 158 g/mol. The Labute approximate surface area is 71.6 Å². The van der Waals surface area contributed by atoms with Crippen LogP contribution in [-0.2, 0) is 9.47 Å². The van der Waals surface area contributed by atoms with Crippen LogP contribution in [0.3, 0.4) is 0 Å². The monoisotopic (exact) mass is 173 g/mol. The molecule has 2 atom stereocenters. The van der Waals surface area contributed by atoms with E-state index >= 15 is 0 Å². The van der Waals surface area contributed by atoms with Gasteiger partial charge in [-0.05, 0) is 6.42 Å². The van der Waals surface area contributed by atoms with E-state index in [-0.39, 0.29) is 6.04 Å². The maximum atomic E-state index is 9.52. The van der Waals surface area contributed by atoms with Crippen LogP contribution in [0, 0.1) is 0 Å². The Balaban J connectivity index is 2.01. The molecule has 3 N–H and O–H groups in total. The van der Waals surface area contributed by atoms with Crippen molar-refractivity contribution in [1.82, 2.24) is 0 Å². The minimum atomic E-state index is -0.505. The van der Waals surface area contributed by atoms with Crippen molar-refractivity contribution in [3.05, 3.63) is 0 Å². The van der Waals surface area contributed by atoms with Gasteiger partial charge in [0.05, 0.1) is 19.3 Å². The SMILES string of the molecule is NC1CCC2(CC1O)OCCO2. The summed E-state index contributed by atoms with van der Waals surface area (Å²) in [7, 11) is 0. The van der Waals surface area contributed by atoms with E-state index < -0.39 is 11.9 Å². The molecule has 1 aliphatic carbocycles. The second-order valence-electron chi connectivity index (χ2n) is 3.58. The molecule has 0 radical (unpaired) electrons. The van der Waals surface area contributed by atoms with Crippen molar-refractivity contribution < 1.29 is 14.6 Å². The third kappa shape index (κ3) is 1.35. The predicted molar refractivity (Wildman–Crippen MR) is 42.5 cm³/mol. The lowest BCUT2D eigenvalue weighted by atomic mass is 9.88. The number of aliphatic hydroxyl groups is 1. The molecule has 12 heavy (non-hydrogen) atoms. The second kappa shape index (κ2) is 2.96. The molecule has 2 rings (SSSR count). The maximum absolute atomic E-state index is 9.52. The van der Waals surface area contributed by atoms with Gasteiger partial charge in [-0.2, -0.15) is 0 Å². The summed E-state index contributed by atoms with van der Waals surface area (Å²) in [6.07, 6.45) is 1.64. The van der Waals surface area contributed by atoms with E-state index in [4.69, 9.17) is 15.2 Å². The van der Waals surface area contributed by atoms with Crippen molar-refractivity contribution in [1.29, 1.82) is 0 Å². The van der Waals surface area contributed by atoms with Gasteiger partial charge in [-0.25, -0.2) is 0 Å². The summed E-state index contributed by atoms with van der Waals surface area (Å²) in [5.41, 5.74) is 5.67. The minimum absolute atomic E-state index is 0.108. The van der Waals surface area contributed by atoms with Gasteiger partial charge in [0.15, 0.2) is 5.79 Å². The third-order valence-corrected chi connectivity index (χ3v) is 2.69. The zero-order chi connectivity index (χ0) is 8.60. The number of hydrogen-bond acceptors (Lipinski definition) is 4. The van der Waals surface area contributed by atoms with E-state index in [0.29, 0.717) is 19.6 Å². The quantitative estimate of drug-likeness (QED) is 0.523.